The molecule has 1 rings (SSSR count). The average molecular weight is 160 g/mol. The predicted molar refractivity (Wildman–Crippen MR) is 36.3 cm³/mol. The Morgan fingerprint density at radius 2 is 2.50 bits per heavy atom. The maximum Gasteiger partial charge on any atom is 0.173 e. The van der Waals surface area contributed by atoms with Gasteiger partial charge in [-0.25, -0.2) is 0 Å². The van der Waals surface area contributed by atoms with Crippen molar-refractivity contribution in [2.75, 3.05) is 0 Å². The Morgan fingerprint density at radius 3 is 2.80 bits per heavy atom. The molecule has 0 spiro atoms. The second-order valence-corrected chi connectivity index (χ2v) is 2.15. The number of aldehydes is 1. The molecule has 3 nitrogen and oxygen atoms in total. The largest absolute Gasteiger partial charge is 0.359 e. The number of hydrogen-bond acceptors (Lipinski definition) is 3. The fraction of sp³-hybridized carbons (Fsp3) is 0.333. The second-order valence-electron chi connectivity index (χ2n) is 1.78. The van der Waals surface area contributed by atoms with Crippen LogP contribution in [0.5, 0.6) is 0 Å². The van der Waals surface area contributed by atoms with Crippen molar-refractivity contribution in [1.82, 2.24) is 5.16 Å². The quantitative estimate of drug-likeness (QED) is 0.617. The van der Waals surface area contributed by atoms with Crippen molar-refractivity contribution in [3.05, 3.63) is 16.5 Å². The maximum absolute atomic E-state index is 10.1. The Morgan fingerprint density at radius 1 is 1.80 bits per heavy atom. The highest BCUT2D eigenvalue weighted by atomic mass is 35.5. The number of halogens is 1. The number of carbonyl (C=O) groups excluding carboxylic acids is 1. The molecule has 0 unspecified atom stereocenters. The van der Waals surface area contributed by atoms with Gasteiger partial charge < -0.3 is 4.52 Å². The van der Waals surface area contributed by atoms with Crippen LogP contribution in [0.1, 0.15) is 23.2 Å². The fourth-order valence-electron chi connectivity index (χ4n) is 0.620. The van der Waals surface area contributed by atoms with Gasteiger partial charge in [-0.05, 0) is 0 Å². The van der Waals surface area contributed by atoms with Crippen molar-refractivity contribution >= 4 is 17.9 Å². The number of aryl methyl sites for hydroxylation is 1. The third kappa shape index (κ3) is 1.04. The molecule has 10 heavy (non-hydrogen) atoms. The van der Waals surface area contributed by atoms with Gasteiger partial charge >= 0.3 is 0 Å². The van der Waals surface area contributed by atoms with E-state index in [4.69, 9.17) is 16.1 Å². The first-order chi connectivity index (χ1) is 4.79. The SMILES string of the molecule is CCc1onc(C=O)c1Cl. The molecular weight excluding hydrogens is 154 g/mol. The minimum Gasteiger partial charge on any atom is -0.359 e. The van der Waals surface area contributed by atoms with Crippen molar-refractivity contribution in [3.8, 4) is 0 Å². The van der Waals surface area contributed by atoms with Crippen LogP contribution in [0.3, 0.4) is 0 Å². The molecule has 4 heteroatoms. The molecule has 0 saturated heterocycles. The van der Waals surface area contributed by atoms with Crippen LogP contribution in [0, 0.1) is 0 Å². The number of hydrogen-bond donors (Lipinski definition) is 0. The molecule has 0 N–H and O–H groups in total. The Labute approximate surface area is 63.0 Å². The molecule has 0 aliphatic heterocycles. The van der Waals surface area contributed by atoms with E-state index in [1.807, 2.05) is 6.92 Å². The predicted octanol–water partition coefficient (Wildman–Crippen LogP) is 1.70. The summed E-state index contributed by atoms with van der Waals surface area (Å²) in [6.45, 7) is 1.88. The van der Waals surface area contributed by atoms with Crippen LogP contribution in [-0.4, -0.2) is 11.4 Å². The van der Waals surface area contributed by atoms with E-state index in [1.165, 1.54) is 0 Å². The molecule has 0 amide bonds. The molecule has 1 heterocycles. The Balaban J connectivity index is 3.08. The summed E-state index contributed by atoms with van der Waals surface area (Å²) >= 11 is 5.64. The molecular formula is C6H6ClNO2. The van der Waals surface area contributed by atoms with E-state index in [9.17, 15) is 4.79 Å². The molecule has 54 valence electrons. The van der Waals surface area contributed by atoms with E-state index in [1.54, 1.807) is 0 Å². The summed E-state index contributed by atoms with van der Waals surface area (Å²) in [5.41, 5.74) is 0.179. The van der Waals surface area contributed by atoms with Crippen LogP contribution < -0.4 is 0 Å². The van der Waals surface area contributed by atoms with Crippen molar-refractivity contribution < 1.29 is 9.32 Å². The summed E-state index contributed by atoms with van der Waals surface area (Å²) in [4.78, 5) is 10.1. The second kappa shape index (κ2) is 2.84. The van der Waals surface area contributed by atoms with Crippen LogP contribution in [0.25, 0.3) is 0 Å². The molecule has 0 aromatic carbocycles. The van der Waals surface area contributed by atoms with E-state index < -0.39 is 0 Å². The minimum atomic E-state index is 0.179. The lowest BCUT2D eigenvalue weighted by Gasteiger charge is -1.83. The molecule has 0 saturated carbocycles. The lowest BCUT2D eigenvalue weighted by atomic mass is 10.3. The first kappa shape index (κ1) is 7.28. The van der Waals surface area contributed by atoms with Gasteiger partial charge in [-0.1, -0.05) is 23.7 Å². The highest BCUT2D eigenvalue weighted by molar-refractivity contribution is 6.33. The highest BCUT2D eigenvalue weighted by Crippen LogP contribution is 2.18. The van der Waals surface area contributed by atoms with Gasteiger partial charge in [-0.2, -0.15) is 0 Å². The Bertz CT molecular complexity index is 244. The summed E-state index contributed by atoms with van der Waals surface area (Å²) in [6, 6.07) is 0. The third-order valence-electron chi connectivity index (χ3n) is 1.16. The van der Waals surface area contributed by atoms with E-state index in [0.29, 0.717) is 23.5 Å². The van der Waals surface area contributed by atoms with Gasteiger partial charge in [0.2, 0.25) is 0 Å². The van der Waals surface area contributed by atoms with Crippen molar-refractivity contribution in [1.29, 1.82) is 0 Å². The molecule has 0 radical (unpaired) electrons. The van der Waals surface area contributed by atoms with Crippen LogP contribution in [0.4, 0.5) is 0 Å². The topological polar surface area (TPSA) is 43.1 Å². The van der Waals surface area contributed by atoms with Crippen LogP contribution in [0.15, 0.2) is 4.52 Å². The van der Waals surface area contributed by atoms with Gasteiger partial charge in [-0.15, -0.1) is 0 Å². The van der Waals surface area contributed by atoms with E-state index in [0.717, 1.165) is 0 Å². The van der Waals surface area contributed by atoms with Crippen molar-refractivity contribution in [2.24, 2.45) is 0 Å². The monoisotopic (exact) mass is 159 g/mol. The summed E-state index contributed by atoms with van der Waals surface area (Å²) in [6.07, 6.45) is 1.23. The molecule has 1 aromatic heterocycles. The maximum atomic E-state index is 10.1. The van der Waals surface area contributed by atoms with E-state index >= 15 is 0 Å². The van der Waals surface area contributed by atoms with Crippen molar-refractivity contribution in [3.63, 3.8) is 0 Å². The van der Waals surface area contributed by atoms with E-state index in [-0.39, 0.29) is 5.69 Å². The third-order valence-corrected chi connectivity index (χ3v) is 1.56. The molecule has 0 bridgehead atoms. The van der Waals surface area contributed by atoms with Gasteiger partial charge in [0.25, 0.3) is 0 Å². The Hall–Kier alpha value is -0.830. The lowest BCUT2D eigenvalue weighted by molar-refractivity contribution is 0.111. The van der Waals surface area contributed by atoms with Crippen LogP contribution >= 0.6 is 11.6 Å². The molecule has 0 atom stereocenters. The van der Waals surface area contributed by atoms with Gasteiger partial charge in [-0.3, -0.25) is 4.79 Å². The number of nitrogens with zero attached hydrogens (tertiary/aromatic N) is 1. The smallest absolute Gasteiger partial charge is 0.173 e. The number of carbonyl (C=O) groups is 1. The average Bonchev–Trinajstić information content (AvgIpc) is 2.30. The van der Waals surface area contributed by atoms with E-state index in [2.05, 4.69) is 5.16 Å². The summed E-state index contributed by atoms with van der Waals surface area (Å²) in [5, 5.41) is 3.76. The molecule has 0 aliphatic carbocycles. The van der Waals surface area contributed by atoms with Crippen LogP contribution in [-0.2, 0) is 6.42 Å². The fourth-order valence-corrected chi connectivity index (χ4v) is 0.867. The molecule has 0 aliphatic rings. The normalized spacial score (nSPS) is 9.80. The standard InChI is InChI=1S/C6H6ClNO2/c1-2-5-6(7)4(3-9)8-10-5/h3H,2H2,1H3. The van der Waals surface area contributed by atoms with Crippen LogP contribution in [0.2, 0.25) is 5.02 Å². The van der Waals surface area contributed by atoms with Gasteiger partial charge in [0, 0.05) is 6.42 Å². The zero-order chi connectivity index (χ0) is 7.56. The minimum absolute atomic E-state index is 0.179. The zero-order valence-electron chi connectivity index (χ0n) is 5.43. The molecule has 0 fully saturated rings. The zero-order valence-corrected chi connectivity index (χ0v) is 6.18. The van der Waals surface area contributed by atoms with Gasteiger partial charge in [0.15, 0.2) is 17.7 Å². The first-order valence-electron chi connectivity index (χ1n) is 2.88. The Kier molecular flexibility index (Phi) is 2.06. The lowest BCUT2D eigenvalue weighted by Crippen LogP contribution is -1.78. The summed E-state index contributed by atoms with van der Waals surface area (Å²) in [7, 11) is 0. The molecule has 1 aromatic rings. The summed E-state index contributed by atoms with van der Waals surface area (Å²) in [5.74, 6) is 0.559. The van der Waals surface area contributed by atoms with Crippen molar-refractivity contribution in [2.45, 2.75) is 13.3 Å². The number of aromatic nitrogens is 1. The summed E-state index contributed by atoms with van der Waals surface area (Å²) < 4.78 is 4.72. The highest BCUT2D eigenvalue weighted by Gasteiger charge is 2.10. The van der Waals surface area contributed by atoms with Gasteiger partial charge in [0.1, 0.15) is 5.02 Å². The first-order valence-corrected chi connectivity index (χ1v) is 3.26. The number of rotatable bonds is 2. The van der Waals surface area contributed by atoms with Gasteiger partial charge in [0.05, 0.1) is 0 Å².